The van der Waals surface area contributed by atoms with Crippen LogP contribution < -0.4 is 10.1 Å². The molecule has 0 spiro atoms. The molecule has 3 aromatic carbocycles. The van der Waals surface area contributed by atoms with Crippen LogP contribution in [-0.4, -0.2) is 35.9 Å². The van der Waals surface area contributed by atoms with E-state index in [1.165, 1.54) is 0 Å². The van der Waals surface area contributed by atoms with Gasteiger partial charge >= 0.3 is 0 Å². The van der Waals surface area contributed by atoms with Crippen molar-refractivity contribution in [3.8, 4) is 5.75 Å². The molecule has 3 rings (SSSR count). The van der Waals surface area contributed by atoms with Crippen LogP contribution in [-0.2, 0) is 22.6 Å². The zero-order valence-electron chi connectivity index (χ0n) is 19.7. The smallest absolute Gasteiger partial charge is 0.261 e. The number of halogens is 1. The van der Waals surface area contributed by atoms with E-state index in [9.17, 15) is 9.59 Å². The van der Waals surface area contributed by atoms with Gasteiger partial charge in [-0.3, -0.25) is 9.59 Å². The molecule has 1 N–H and O–H groups in total. The Hall–Kier alpha value is -3.12. The first kappa shape index (κ1) is 25.5. The van der Waals surface area contributed by atoms with E-state index in [1.54, 1.807) is 4.90 Å². The van der Waals surface area contributed by atoms with Gasteiger partial charge in [0.05, 0.1) is 0 Å². The highest BCUT2D eigenvalue weighted by Crippen LogP contribution is 2.18. The Morgan fingerprint density at radius 3 is 2.26 bits per heavy atom. The van der Waals surface area contributed by atoms with Crippen molar-refractivity contribution in [2.45, 2.75) is 39.3 Å². The molecule has 0 fully saturated rings. The summed E-state index contributed by atoms with van der Waals surface area (Å²) >= 11 is 3.46. The monoisotopic (exact) mass is 522 g/mol. The first-order valence-electron chi connectivity index (χ1n) is 11.5. The number of benzene rings is 3. The lowest BCUT2D eigenvalue weighted by Gasteiger charge is -2.31. The molecule has 0 saturated carbocycles. The summed E-state index contributed by atoms with van der Waals surface area (Å²) in [5.74, 6) is 0.222. The molecule has 2 amide bonds. The molecule has 0 aromatic heterocycles. The standard InChI is InChI=1S/C28H31BrN2O3/c1-3-17-30-28(33)26(18-22-7-5-4-6-8-22)31(19-23-11-13-24(29)14-12-23)27(32)20-34-25-15-9-21(2)10-16-25/h4-16,26H,3,17-20H2,1-2H3,(H,30,33). The van der Waals surface area contributed by atoms with Crippen molar-refractivity contribution < 1.29 is 14.3 Å². The summed E-state index contributed by atoms with van der Waals surface area (Å²) in [5.41, 5.74) is 3.05. The third-order valence-corrected chi connectivity index (χ3v) is 6.00. The van der Waals surface area contributed by atoms with Gasteiger partial charge in [0.1, 0.15) is 11.8 Å². The molecule has 34 heavy (non-hydrogen) atoms. The first-order chi connectivity index (χ1) is 16.5. The van der Waals surface area contributed by atoms with Crippen molar-refractivity contribution in [2.75, 3.05) is 13.2 Å². The summed E-state index contributed by atoms with van der Waals surface area (Å²) in [6, 6.07) is 24.5. The fourth-order valence-electron chi connectivity index (χ4n) is 3.57. The summed E-state index contributed by atoms with van der Waals surface area (Å²) in [6.07, 6.45) is 1.24. The Labute approximate surface area is 210 Å². The average Bonchev–Trinajstić information content (AvgIpc) is 2.86. The molecule has 0 radical (unpaired) electrons. The number of nitrogens with zero attached hydrogens (tertiary/aromatic N) is 1. The summed E-state index contributed by atoms with van der Waals surface area (Å²) in [6.45, 7) is 4.72. The van der Waals surface area contributed by atoms with Crippen LogP contribution in [0.4, 0.5) is 0 Å². The van der Waals surface area contributed by atoms with E-state index in [4.69, 9.17) is 4.74 Å². The van der Waals surface area contributed by atoms with Gasteiger partial charge < -0.3 is 15.0 Å². The number of amides is 2. The summed E-state index contributed by atoms with van der Waals surface area (Å²) < 4.78 is 6.75. The van der Waals surface area contributed by atoms with E-state index in [0.717, 1.165) is 27.6 Å². The van der Waals surface area contributed by atoms with Crippen molar-refractivity contribution in [1.29, 1.82) is 0 Å². The van der Waals surface area contributed by atoms with Gasteiger partial charge in [-0.25, -0.2) is 0 Å². The topological polar surface area (TPSA) is 58.6 Å². The van der Waals surface area contributed by atoms with Gasteiger partial charge in [0, 0.05) is 24.0 Å². The molecule has 178 valence electrons. The quantitative estimate of drug-likeness (QED) is 0.371. The van der Waals surface area contributed by atoms with Gasteiger partial charge in [-0.2, -0.15) is 0 Å². The van der Waals surface area contributed by atoms with E-state index in [2.05, 4.69) is 21.2 Å². The van der Waals surface area contributed by atoms with E-state index in [1.807, 2.05) is 92.7 Å². The SMILES string of the molecule is CCCNC(=O)C(Cc1ccccc1)N(Cc1ccc(Br)cc1)C(=O)COc1ccc(C)cc1. The summed E-state index contributed by atoms with van der Waals surface area (Å²) in [5, 5.41) is 2.98. The number of carbonyl (C=O) groups is 2. The normalized spacial score (nSPS) is 11.5. The molecule has 3 aromatic rings. The highest BCUT2D eigenvalue weighted by Gasteiger charge is 2.30. The molecule has 0 heterocycles. The second-order valence-electron chi connectivity index (χ2n) is 8.25. The van der Waals surface area contributed by atoms with E-state index < -0.39 is 6.04 Å². The van der Waals surface area contributed by atoms with Gasteiger partial charge in [0.25, 0.3) is 5.91 Å². The number of aryl methyl sites for hydroxylation is 1. The highest BCUT2D eigenvalue weighted by atomic mass is 79.9. The zero-order chi connectivity index (χ0) is 24.3. The lowest BCUT2D eigenvalue weighted by atomic mass is 10.0. The van der Waals surface area contributed by atoms with Gasteiger partial charge in [-0.05, 0) is 48.7 Å². The fraction of sp³-hybridized carbons (Fsp3) is 0.286. The maximum absolute atomic E-state index is 13.5. The molecule has 1 atom stereocenters. The molecule has 0 aliphatic rings. The Bertz CT molecular complexity index is 1050. The number of hydrogen-bond acceptors (Lipinski definition) is 3. The molecule has 1 unspecified atom stereocenters. The largest absolute Gasteiger partial charge is 0.484 e. The molecular formula is C28H31BrN2O3. The van der Waals surface area contributed by atoms with Gasteiger partial charge in [-0.1, -0.05) is 83.0 Å². The van der Waals surface area contributed by atoms with Crippen LogP contribution in [0.5, 0.6) is 5.75 Å². The molecule has 0 aliphatic carbocycles. The number of rotatable bonds is 11. The van der Waals surface area contributed by atoms with Gasteiger partial charge in [0.2, 0.25) is 5.91 Å². The summed E-state index contributed by atoms with van der Waals surface area (Å²) in [4.78, 5) is 28.4. The van der Waals surface area contributed by atoms with Crippen molar-refractivity contribution in [2.24, 2.45) is 0 Å². The predicted octanol–water partition coefficient (Wildman–Crippen LogP) is 5.30. The number of nitrogens with one attached hydrogen (secondary N) is 1. The minimum absolute atomic E-state index is 0.147. The lowest BCUT2D eigenvalue weighted by Crippen LogP contribution is -2.51. The number of carbonyl (C=O) groups excluding carboxylic acids is 2. The molecule has 0 aliphatic heterocycles. The van der Waals surface area contributed by atoms with Crippen LogP contribution >= 0.6 is 15.9 Å². The van der Waals surface area contributed by atoms with Crippen molar-refractivity contribution in [3.63, 3.8) is 0 Å². The third-order valence-electron chi connectivity index (χ3n) is 5.47. The second kappa shape index (κ2) is 12.9. The van der Waals surface area contributed by atoms with Crippen molar-refractivity contribution in [3.05, 3.63) is 100 Å². The minimum Gasteiger partial charge on any atom is -0.484 e. The van der Waals surface area contributed by atoms with Crippen LogP contribution in [0.15, 0.2) is 83.3 Å². The predicted molar refractivity (Wildman–Crippen MR) is 139 cm³/mol. The Balaban J connectivity index is 1.87. The number of hydrogen-bond donors (Lipinski definition) is 1. The van der Waals surface area contributed by atoms with Gasteiger partial charge in [0.15, 0.2) is 6.61 Å². The second-order valence-corrected chi connectivity index (χ2v) is 9.16. The molecule has 0 saturated heterocycles. The highest BCUT2D eigenvalue weighted by molar-refractivity contribution is 9.10. The zero-order valence-corrected chi connectivity index (χ0v) is 21.3. The lowest BCUT2D eigenvalue weighted by molar-refractivity contribution is -0.142. The van der Waals surface area contributed by atoms with Gasteiger partial charge in [-0.15, -0.1) is 0 Å². The van der Waals surface area contributed by atoms with Crippen LogP contribution in [0, 0.1) is 6.92 Å². The molecule has 0 bridgehead atoms. The Morgan fingerprint density at radius 1 is 0.941 bits per heavy atom. The molecular weight excluding hydrogens is 492 g/mol. The maximum atomic E-state index is 13.5. The third kappa shape index (κ3) is 7.73. The Morgan fingerprint density at radius 2 is 1.62 bits per heavy atom. The van der Waals surface area contributed by atoms with Crippen LogP contribution in [0.2, 0.25) is 0 Å². The van der Waals surface area contributed by atoms with Crippen molar-refractivity contribution in [1.82, 2.24) is 10.2 Å². The van der Waals surface area contributed by atoms with E-state index >= 15 is 0 Å². The Kier molecular flexibility index (Phi) is 9.71. The molecule has 5 nitrogen and oxygen atoms in total. The van der Waals surface area contributed by atoms with E-state index in [0.29, 0.717) is 25.3 Å². The van der Waals surface area contributed by atoms with Crippen LogP contribution in [0.25, 0.3) is 0 Å². The van der Waals surface area contributed by atoms with E-state index in [-0.39, 0.29) is 18.4 Å². The van der Waals surface area contributed by atoms with Crippen molar-refractivity contribution >= 4 is 27.7 Å². The number of ether oxygens (including phenoxy) is 1. The fourth-order valence-corrected chi connectivity index (χ4v) is 3.83. The minimum atomic E-state index is -0.660. The molecule has 6 heteroatoms. The first-order valence-corrected chi connectivity index (χ1v) is 12.3. The summed E-state index contributed by atoms with van der Waals surface area (Å²) in [7, 11) is 0. The van der Waals surface area contributed by atoms with Crippen LogP contribution in [0.3, 0.4) is 0 Å². The average molecular weight is 523 g/mol. The van der Waals surface area contributed by atoms with Crippen LogP contribution in [0.1, 0.15) is 30.0 Å². The maximum Gasteiger partial charge on any atom is 0.261 e.